The van der Waals surface area contributed by atoms with E-state index in [0.29, 0.717) is 13.1 Å². The van der Waals surface area contributed by atoms with Crippen LogP contribution in [0.15, 0.2) is 0 Å². The van der Waals surface area contributed by atoms with Gasteiger partial charge in [0, 0.05) is 13.1 Å². The number of piperidine rings is 1. The molecule has 2 N–H and O–H groups in total. The van der Waals surface area contributed by atoms with Gasteiger partial charge in [-0.3, -0.25) is 0 Å². The zero-order valence-corrected chi connectivity index (χ0v) is 10.4. The van der Waals surface area contributed by atoms with Gasteiger partial charge in [-0.2, -0.15) is 0 Å². The normalized spacial score (nSPS) is 18.6. The molecule has 0 saturated carbocycles. The van der Waals surface area contributed by atoms with Gasteiger partial charge < -0.3 is 20.1 Å². The van der Waals surface area contributed by atoms with Gasteiger partial charge in [0.05, 0.1) is 12.8 Å². The first kappa shape index (κ1) is 13.3. The van der Waals surface area contributed by atoms with Crippen LogP contribution in [0.4, 0.5) is 4.79 Å². The number of nitrogens with two attached hydrogens (primary N) is 1. The van der Waals surface area contributed by atoms with E-state index in [9.17, 15) is 4.79 Å². The summed E-state index contributed by atoms with van der Waals surface area (Å²) in [6.45, 7) is 7.22. The average Bonchev–Trinajstić information content (AvgIpc) is 2.16. The van der Waals surface area contributed by atoms with Crippen LogP contribution >= 0.6 is 0 Å². The molecule has 1 amide bonds. The molecule has 5 nitrogen and oxygen atoms in total. The van der Waals surface area contributed by atoms with E-state index in [2.05, 4.69) is 0 Å². The Balaban J connectivity index is 2.33. The van der Waals surface area contributed by atoms with E-state index in [4.69, 9.17) is 15.2 Å². The lowest BCUT2D eigenvalue weighted by molar-refractivity contribution is -0.00964. The Bertz CT molecular complexity index is 230. The van der Waals surface area contributed by atoms with Crippen LogP contribution in [0.5, 0.6) is 0 Å². The van der Waals surface area contributed by atoms with Gasteiger partial charge >= 0.3 is 6.09 Å². The molecule has 1 saturated heterocycles. The number of rotatable bonds is 2. The highest BCUT2D eigenvalue weighted by Gasteiger charge is 2.26. The lowest BCUT2D eigenvalue weighted by Gasteiger charge is -2.33. The summed E-state index contributed by atoms with van der Waals surface area (Å²) in [6, 6.07) is 0. The van der Waals surface area contributed by atoms with Gasteiger partial charge in [0.15, 0.2) is 0 Å². The highest BCUT2D eigenvalue weighted by atomic mass is 16.6. The topological polar surface area (TPSA) is 64.8 Å². The van der Waals surface area contributed by atoms with Crippen LogP contribution in [0, 0.1) is 0 Å². The van der Waals surface area contributed by atoms with Crippen molar-refractivity contribution < 1.29 is 14.3 Å². The summed E-state index contributed by atoms with van der Waals surface area (Å²) < 4.78 is 10.6. The molecular formula is C11H22N2O3. The Morgan fingerprint density at radius 3 is 2.38 bits per heavy atom. The van der Waals surface area contributed by atoms with Crippen LogP contribution in [0.2, 0.25) is 0 Å². The van der Waals surface area contributed by atoms with Crippen molar-refractivity contribution in [3.8, 4) is 0 Å². The number of hydrogen-bond acceptors (Lipinski definition) is 4. The standard InChI is InChI=1S/C11H22N2O3/c1-11(2,3)16-10(14)13-6-4-9(5-7-13)15-8-12/h9H,4-8,12H2,1-3H3. The first-order valence-corrected chi connectivity index (χ1v) is 5.72. The molecule has 0 spiro atoms. The molecule has 1 aliphatic rings. The van der Waals surface area contributed by atoms with Crippen molar-refractivity contribution in [1.82, 2.24) is 4.90 Å². The summed E-state index contributed by atoms with van der Waals surface area (Å²) in [5.74, 6) is 0. The van der Waals surface area contributed by atoms with E-state index in [-0.39, 0.29) is 18.9 Å². The fraction of sp³-hybridized carbons (Fsp3) is 0.909. The zero-order chi connectivity index (χ0) is 12.2. The van der Waals surface area contributed by atoms with Gasteiger partial charge in [0.2, 0.25) is 0 Å². The number of carbonyl (C=O) groups excluding carboxylic acids is 1. The first-order chi connectivity index (χ1) is 7.42. The minimum Gasteiger partial charge on any atom is -0.444 e. The Morgan fingerprint density at radius 2 is 1.94 bits per heavy atom. The lowest BCUT2D eigenvalue weighted by Crippen LogP contribution is -2.43. The fourth-order valence-corrected chi connectivity index (χ4v) is 1.67. The summed E-state index contributed by atoms with van der Waals surface area (Å²) >= 11 is 0. The first-order valence-electron chi connectivity index (χ1n) is 5.72. The monoisotopic (exact) mass is 230 g/mol. The third kappa shape index (κ3) is 4.37. The maximum Gasteiger partial charge on any atom is 0.410 e. The Kier molecular flexibility index (Phi) is 4.56. The van der Waals surface area contributed by atoms with Gasteiger partial charge in [0.1, 0.15) is 5.60 Å². The van der Waals surface area contributed by atoms with Gasteiger partial charge in [-0.25, -0.2) is 4.79 Å². The van der Waals surface area contributed by atoms with E-state index in [1.54, 1.807) is 4.90 Å². The zero-order valence-electron chi connectivity index (χ0n) is 10.4. The maximum atomic E-state index is 11.7. The fourth-order valence-electron chi connectivity index (χ4n) is 1.67. The molecule has 0 atom stereocenters. The van der Waals surface area contributed by atoms with Crippen molar-refractivity contribution in [3.63, 3.8) is 0 Å². The smallest absolute Gasteiger partial charge is 0.410 e. The molecule has 1 rings (SSSR count). The van der Waals surface area contributed by atoms with Crippen LogP contribution < -0.4 is 5.73 Å². The third-order valence-corrected chi connectivity index (χ3v) is 2.43. The second-order valence-corrected chi connectivity index (χ2v) is 5.00. The van der Waals surface area contributed by atoms with E-state index < -0.39 is 5.60 Å². The van der Waals surface area contributed by atoms with Gasteiger partial charge in [-0.1, -0.05) is 0 Å². The largest absolute Gasteiger partial charge is 0.444 e. The summed E-state index contributed by atoms with van der Waals surface area (Å²) in [7, 11) is 0. The number of hydrogen-bond donors (Lipinski definition) is 1. The second kappa shape index (κ2) is 5.50. The summed E-state index contributed by atoms with van der Waals surface area (Å²) in [5.41, 5.74) is 4.88. The Labute approximate surface area is 96.9 Å². The van der Waals surface area contributed by atoms with Gasteiger partial charge in [0.25, 0.3) is 0 Å². The molecule has 0 radical (unpaired) electrons. The molecular weight excluding hydrogens is 208 g/mol. The van der Waals surface area contributed by atoms with Crippen LogP contribution in [-0.2, 0) is 9.47 Å². The molecule has 0 aromatic rings. The second-order valence-electron chi connectivity index (χ2n) is 5.00. The lowest BCUT2D eigenvalue weighted by atomic mass is 10.1. The van der Waals surface area contributed by atoms with Crippen molar-refractivity contribution in [3.05, 3.63) is 0 Å². The van der Waals surface area contributed by atoms with Crippen LogP contribution in [0.25, 0.3) is 0 Å². The summed E-state index contributed by atoms with van der Waals surface area (Å²) in [5, 5.41) is 0. The van der Waals surface area contributed by atoms with Gasteiger partial charge in [-0.15, -0.1) is 0 Å². The average molecular weight is 230 g/mol. The molecule has 0 aliphatic carbocycles. The molecule has 0 bridgehead atoms. The van der Waals surface area contributed by atoms with Crippen LogP contribution in [0.3, 0.4) is 0 Å². The van der Waals surface area contributed by atoms with E-state index >= 15 is 0 Å². The third-order valence-electron chi connectivity index (χ3n) is 2.43. The minimum absolute atomic E-state index is 0.184. The Hall–Kier alpha value is -0.810. The predicted molar refractivity (Wildman–Crippen MR) is 61.0 cm³/mol. The van der Waals surface area contributed by atoms with Crippen molar-refractivity contribution in [2.45, 2.75) is 45.3 Å². The number of likely N-dealkylation sites (tertiary alicyclic amines) is 1. The number of nitrogens with zero attached hydrogens (tertiary/aromatic N) is 1. The quantitative estimate of drug-likeness (QED) is 0.727. The SMILES string of the molecule is CC(C)(C)OC(=O)N1CCC(OCN)CC1. The molecule has 1 aliphatic heterocycles. The number of ether oxygens (including phenoxy) is 2. The molecule has 5 heteroatoms. The molecule has 94 valence electrons. The van der Waals surface area contributed by atoms with Crippen molar-refractivity contribution in [2.24, 2.45) is 5.73 Å². The molecule has 16 heavy (non-hydrogen) atoms. The van der Waals surface area contributed by atoms with E-state index in [0.717, 1.165) is 12.8 Å². The van der Waals surface area contributed by atoms with Crippen molar-refractivity contribution in [1.29, 1.82) is 0 Å². The molecule has 0 aromatic heterocycles. The molecule has 1 fully saturated rings. The van der Waals surface area contributed by atoms with Crippen LogP contribution in [0.1, 0.15) is 33.6 Å². The van der Waals surface area contributed by atoms with Crippen LogP contribution in [-0.4, -0.2) is 42.5 Å². The number of amides is 1. The summed E-state index contributed by atoms with van der Waals surface area (Å²) in [6.07, 6.45) is 1.61. The van der Waals surface area contributed by atoms with E-state index in [1.165, 1.54) is 0 Å². The molecule has 1 heterocycles. The van der Waals surface area contributed by atoms with E-state index in [1.807, 2.05) is 20.8 Å². The summed E-state index contributed by atoms with van der Waals surface area (Å²) in [4.78, 5) is 13.4. The number of carbonyl (C=O) groups is 1. The van der Waals surface area contributed by atoms with Gasteiger partial charge in [-0.05, 0) is 33.6 Å². The minimum atomic E-state index is -0.429. The molecule has 0 aromatic carbocycles. The predicted octanol–water partition coefficient (Wildman–Crippen LogP) is 1.32. The van der Waals surface area contributed by atoms with Crippen molar-refractivity contribution in [2.75, 3.05) is 19.8 Å². The highest BCUT2D eigenvalue weighted by molar-refractivity contribution is 5.68. The molecule has 0 unspecified atom stereocenters. The Morgan fingerprint density at radius 1 is 1.38 bits per heavy atom. The highest BCUT2D eigenvalue weighted by Crippen LogP contribution is 2.16. The van der Waals surface area contributed by atoms with Crippen molar-refractivity contribution >= 4 is 6.09 Å². The maximum absolute atomic E-state index is 11.7.